The quantitative estimate of drug-likeness (QED) is 0.909. The highest BCUT2D eigenvalue weighted by Gasteiger charge is 2.29. The molecule has 3 rings (SSSR count). The second kappa shape index (κ2) is 5.81. The van der Waals surface area contributed by atoms with Crippen molar-refractivity contribution in [3.05, 3.63) is 46.2 Å². The number of aryl methyl sites for hydroxylation is 1. The molecule has 0 spiro atoms. The van der Waals surface area contributed by atoms with Crippen LogP contribution in [0.1, 0.15) is 34.9 Å². The molecule has 4 nitrogen and oxygen atoms in total. The van der Waals surface area contributed by atoms with Crippen LogP contribution in [0.4, 0.5) is 9.52 Å². The third-order valence-corrected chi connectivity index (χ3v) is 4.70. The van der Waals surface area contributed by atoms with E-state index in [4.69, 9.17) is 0 Å². The summed E-state index contributed by atoms with van der Waals surface area (Å²) >= 11 is 1.52. The van der Waals surface area contributed by atoms with E-state index in [9.17, 15) is 14.3 Å². The lowest BCUT2D eigenvalue weighted by molar-refractivity contribution is -0.139. The number of carboxylic acid groups (broad SMARTS) is 1. The van der Waals surface area contributed by atoms with Gasteiger partial charge in [-0.3, -0.25) is 4.79 Å². The molecule has 2 aromatic rings. The van der Waals surface area contributed by atoms with E-state index in [1.165, 1.54) is 23.5 Å². The molecule has 1 aliphatic rings. The van der Waals surface area contributed by atoms with Crippen molar-refractivity contribution in [3.63, 3.8) is 0 Å². The maximum Gasteiger partial charge on any atom is 0.312 e. The van der Waals surface area contributed by atoms with E-state index < -0.39 is 11.9 Å². The SMILES string of the molecule is O=C(O)C1CCCc2sc(NCc3ccc(F)cc3)nc21. The van der Waals surface area contributed by atoms with Crippen molar-refractivity contribution >= 4 is 22.4 Å². The van der Waals surface area contributed by atoms with Crippen LogP contribution in [0.2, 0.25) is 0 Å². The third kappa shape index (κ3) is 3.05. The summed E-state index contributed by atoms with van der Waals surface area (Å²) in [6.07, 6.45) is 2.45. The van der Waals surface area contributed by atoms with Gasteiger partial charge in [-0.2, -0.15) is 0 Å². The van der Waals surface area contributed by atoms with Gasteiger partial charge < -0.3 is 10.4 Å². The lowest BCUT2D eigenvalue weighted by Gasteiger charge is -2.16. The lowest BCUT2D eigenvalue weighted by Crippen LogP contribution is -2.17. The average Bonchev–Trinajstić information content (AvgIpc) is 2.89. The van der Waals surface area contributed by atoms with Crippen LogP contribution in [0.5, 0.6) is 0 Å². The van der Waals surface area contributed by atoms with Crippen molar-refractivity contribution in [1.82, 2.24) is 4.98 Å². The maximum absolute atomic E-state index is 12.8. The van der Waals surface area contributed by atoms with Gasteiger partial charge in [0.05, 0.1) is 5.69 Å². The van der Waals surface area contributed by atoms with E-state index in [-0.39, 0.29) is 5.82 Å². The molecule has 2 N–H and O–H groups in total. The first-order chi connectivity index (χ1) is 10.1. The Kier molecular flexibility index (Phi) is 3.88. The van der Waals surface area contributed by atoms with Crippen molar-refractivity contribution in [3.8, 4) is 0 Å². The number of carbonyl (C=O) groups is 1. The molecule has 0 fully saturated rings. The Morgan fingerprint density at radius 2 is 2.19 bits per heavy atom. The predicted molar refractivity (Wildman–Crippen MR) is 79.2 cm³/mol. The highest BCUT2D eigenvalue weighted by atomic mass is 32.1. The van der Waals surface area contributed by atoms with Crippen molar-refractivity contribution in [2.24, 2.45) is 0 Å². The first-order valence-corrected chi connectivity index (χ1v) is 7.66. The standard InChI is InChI=1S/C15H15FN2O2S/c16-10-6-4-9(5-7-10)8-17-15-18-13-11(14(19)20)2-1-3-12(13)21-15/h4-7,11H,1-3,8H2,(H,17,18)(H,19,20). The molecule has 6 heteroatoms. The predicted octanol–water partition coefficient (Wildman–Crippen LogP) is 3.40. The van der Waals surface area contributed by atoms with Gasteiger partial charge in [0.15, 0.2) is 5.13 Å². The van der Waals surface area contributed by atoms with Crippen LogP contribution in [-0.2, 0) is 17.8 Å². The Hall–Kier alpha value is -1.95. The summed E-state index contributed by atoms with van der Waals surface area (Å²) in [6.45, 7) is 0.546. The molecular formula is C15H15FN2O2S. The number of benzene rings is 1. The van der Waals surface area contributed by atoms with Gasteiger partial charge in [-0.15, -0.1) is 11.3 Å². The summed E-state index contributed by atoms with van der Waals surface area (Å²) in [5.74, 6) is -1.54. The second-order valence-corrected chi connectivity index (χ2v) is 6.17. The first kappa shape index (κ1) is 14.0. The largest absolute Gasteiger partial charge is 0.481 e. The fourth-order valence-electron chi connectivity index (χ4n) is 2.51. The summed E-state index contributed by atoms with van der Waals surface area (Å²) in [5.41, 5.74) is 1.67. The van der Waals surface area contributed by atoms with Crippen LogP contribution in [0.25, 0.3) is 0 Å². The molecule has 0 aliphatic heterocycles. The molecular weight excluding hydrogens is 291 g/mol. The van der Waals surface area contributed by atoms with Crippen molar-refractivity contribution in [2.75, 3.05) is 5.32 Å². The number of hydrogen-bond acceptors (Lipinski definition) is 4. The van der Waals surface area contributed by atoms with Crippen LogP contribution in [-0.4, -0.2) is 16.1 Å². The molecule has 21 heavy (non-hydrogen) atoms. The van der Waals surface area contributed by atoms with Gasteiger partial charge in [0.2, 0.25) is 0 Å². The Balaban J connectivity index is 1.72. The van der Waals surface area contributed by atoms with Crippen LogP contribution in [0.15, 0.2) is 24.3 Å². The van der Waals surface area contributed by atoms with Crippen LogP contribution < -0.4 is 5.32 Å². The van der Waals surface area contributed by atoms with Crippen molar-refractivity contribution in [1.29, 1.82) is 0 Å². The number of halogens is 1. The average molecular weight is 306 g/mol. The summed E-state index contributed by atoms with van der Waals surface area (Å²) < 4.78 is 12.8. The smallest absolute Gasteiger partial charge is 0.312 e. The maximum atomic E-state index is 12.8. The monoisotopic (exact) mass is 306 g/mol. The summed E-state index contributed by atoms with van der Waals surface area (Å²) in [4.78, 5) is 16.7. The van der Waals surface area contributed by atoms with Crippen LogP contribution in [0.3, 0.4) is 0 Å². The van der Waals surface area contributed by atoms with E-state index in [0.29, 0.717) is 18.7 Å². The number of hydrogen-bond donors (Lipinski definition) is 2. The Bertz CT molecular complexity index is 654. The number of anilines is 1. The number of thiazole rings is 1. The Morgan fingerprint density at radius 3 is 2.90 bits per heavy atom. The molecule has 0 amide bonds. The first-order valence-electron chi connectivity index (χ1n) is 6.84. The van der Waals surface area contributed by atoms with Crippen molar-refractivity contribution < 1.29 is 14.3 Å². The third-order valence-electron chi connectivity index (χ3n) is 3.61. The second-order valence-electron chi connectivity index (χ2n) is 5.09. The number of fused-ring (bicyclic) bond motifs is 1. The molecule has 1 unspecified atom stereocenters. The van der Waals surface area contributed by atoms with E-state index in [2.05, 4.69) is 10.3 Å². The van der Waals surface area contributed by atoms with Crippen LogP contribution in [0, 0.1) is 5.82 Å². The molecule has 0 saturated carbocycles. The minimum Gasteiger partial charge on any atom is -0.481 e. The zero-order chi connectivity index (χ0) is 14.8. The van der Waals surface area contributed by atoms with E-state index in [1.807, 2.05) is 0 Å². The highest BCUT2D eigenvalue weighted by Crippen LogP contribution is 2.36. The highest BCUT2D eigenvalue weighted by molar-refractivity contribution is 7.15. The summed E-state index contributed by atoms with van der Waals surface area (Å²) in [7, 11) is 0. The zero-order valence-electron chi connectivity index (χ0n) is 11.3. The Labute approximate surface area is 125 Å². The molecule has 1 aromatic heterocycles. The summed E-state index contributed by atoms with van der Waals surface area (Å²) in [6, 6.07) is 6.28. The molecule has 0 bridgehead atoms. The van der Waals surface area contributed by atoms with Gasteiger partial charge in [-0.25, -0.2) is 9.37 Å². The Morgan fingerprint density at radius 1 is 1.43 bits per heavy atom. The number of carboxylic acids is 1. The minimum absolute atomic E-state index is 0.257. The number of aliphatic carboxylic acids is 1. The fraction of sp³-hybridized carbons (Fsp3) is 0.333. The molecule has 1 heterocycles. The van der Waals surface area contributed by atoms with Gasteiger partial charge in [0.25, 0.3) is 0 Å². The van der Waals surface area contributed by atoms with Gasteiger partial charge >= 0.3 is 5.97 Å². The lowest BCUT2D eigenvalue weighted by atomic mass is 9.91. The van der Waals surface area contributed by atoms with E-state index in [1.54, 1.807) is 12.1 Å². The molecule has 1 aromatic carbocycles. The number of aromatic nitrogens is 1. The minimum atomic E-state index is -0.800. The van der Waals surface area contributed by atoms with Gasteiger partial charge in [0, 0.05) is 11.4 Å². The van der Waals surface area contributed by atoms with Crippen LogP contribution >= 0.6 is 11.3 Å². The number of rotatable bonds is 4. The van der Waals surface area contributed by atoms with E-state index in [0.717, 1.165) is 28.4 Å². The number of nitrogens with one attached hydrogen (secondary N) is 1. The molecule has 0 saturated heterocycles. The molecule has 110 valence electrons. The number of nitrogens with zero attached hydrogens (tertiary/aromatic N) is 1. The summed E-state index contributed by atoms with van der Waals surface area (Å²) in [5, 5.41) is 13.2. The normalized spacial score (nSPS) is 17.3. The van der Waals surface area contributed by atoms with Gasteiger partial charge in [0.1, 0.15) is 11.7 Å². The van der Waals surface area contributed by atoms with Crippen molar-refractivity contribution in [2.45, 2.75) is 31.7 Å². The fourth-order valence-corrected chi connectivity index (χ4v) is 3.57. The van der Waals surface area contributed by atoms with Gasteiger partial charge in [-0.1, -0.05) is 12.1 Å². The zero-order valence-corrected chi connectivity index (χ0v) is 12.1. The molecule has 1 aliphatic carbocycles. The van der Waals surface area contributed by atoms with E-state index >= 15 is 0 Å². The van der Waals surface area contributed by atoms with Gasteiger partial charge in [-0.05, 0) is 37.0 Å². The molecule has 0 radical (unpaired) electrons. The topological polar surface area (TPSA) is 62.2 Å². The molecule has 1 atom stereocenters.